The van der Waals surface area contributed by atoms with E-state index in [9.17, 15) is 9.90 Å². The number of fused-ring (bicyclic) bond motifs is 3. The molecule has 0 aliphatic rings. The fourth-order valence-corrected chi connectivity index (χ4v) is 4.59. The molecule has 0 unspecified atom stereocenters. The van der Waals surface area contributed by atoms with E-state index in [2.05, 4.69) is 38.4 Å². The molecule has 4 aromatic rings. The summed E-state index contributed by atoms with van der Waals surface area (Å²) in [6, 6.07) is 11.8. The number of pyridine rings is 1. The fraction of sp³-hybridized carbons (Fsp3) is 0.150. The molecule has 0 aliphatic heterocycles. The summed E-state index contributed by atoms with van der Waals surface area (Å²) in [6.45, 7) is 0.919. The number of phenols is 1. The second-order valence-corrected chi connectivity index (χ2v) is 7.94. The number of nitrogens with one attached hydrogen (secondary N) is 2. The van der Waals surface area contributed by atoms with Crippen LogP contribution in [0.5, 0.6) is 5.75 Å². The highest BCUT2D eigenvalue weighted by Gasteiger charge is 2.17. The summed E-state index contributed by atoms with van der Waals surface area (Å²) >= 11 is 4.88. The molecule has 2 aromatic heterocycles. The number of likely N-dealkylation sites (N-methyl/N-ethyl adjacent to an activating group) is 1. The molecule has 2 heterocycles. The van der Waals surface area contributed by atoms with Gasteiger partial charge in [-0.25, -0.2) is 0 Å². The first kappa shape index (κ1) is 17.3. The molecule has 3 N–H and O–H groups in total. The Kier molecular flexibility index (Phi) is 4.56. The summed E-state index contributed by atoms with van der Waals surface area (Å²) in [5.74, 6) is 0.187. The number of hydrogen-bond acceptors (Lipinski definition) is 4. The summed E-state index contributed by atoms with van der Waals surface area (Å²) in [5.41, 5.74) is 3.49. The summed E-state index contributed by atoms with van der Waals surface area (Å²) in [6.07, 6.45) is 0.950. The minimum absolute atomic E-state index is 0.109. The van der Waals surface area contributed by atoms with E-state index in [1.54, 1.807) is 6.07 Å². The Morgan fingerprint density at radius 1 is 1.23 bits per heavy atom. The van der Waals surface area contributed by atoms with Gasteiger partial charge in [0.15, 0.2) is 0 Å². The van der Waals surface area contributed by atoms with E-state index in [0.717, 1.165) is 34.9 Å². The van der Waals surface area contributed by atoms with Crippen molar-refractivity contribution in [1.29, 1.82) is 0 Å². The number of H-pyrrole nitrogens is 1. The standard InChI is InChI=1S/C20H17BrN2O2S/c1-22-8-6-11-2-4-12(5-3-11)16-15(24)10-14(21)18-17(16)13-7-9-26-19(13)20(25)23-18/h2-5,7,9-10,22,24H,6,8H2,1H3,(H,23,25). The van der Waals surface area contributed by atoms with Gasteiger partial charge < -0.3 is 15.4 Å². The molecule has 0 atom stereocenters. The average Bonchev–Trinajstić information content (AvgIpc) is 3.12. The van der Waals surface area contributed by atoms with E-state index >= 15 is 0 Å². The number of thiophene rings is 1. The lowest BCUT2D eigenvalue weighted by Crippen LogP contribution is -2.10. The molecule has 0 saturated heterocycles. The van der Waals surface area contributed by atoms with Crippen molar-refractivity contribution in [3.8, 4) is 16.9 Å². The maximum absolute atomic E-state index is 12.3. The lowest BCUT2D eigenvalue weighted by molar-refractivity contribution is 0.477. The largest absolute Gasteiger partial charge is 0.507 e. The van der Waals surface area contributed by atoms with Gasteiger partial charge in [-0.05, 0) is 64.6 Å². The number of aromatic amines is 1. The van der Waals surface area contributed by atoms with Crippen LogP contribution in [0.1, 0.15) is 5.56 Å². The SMILES string of the molecule is CNCCc1ccc(-c2c(O)cc(Br)c3[nH]c(=O)c4sccc4c23)cc1. The molecule has 0 radical (unpaired) electrons. The van der Waals surface area contributed by atoms with Gasteiger partial charge in [0, 0.05) is 20.8 Å². The predicted molar refractivity (Wildman–Crippen MR) is 112 cm³/mol. The number of phenolic OH excluding ortho intramolecular Hbond substituents is 1. The summed E-state index contributed by atoms with van der Waals surface area (Å²) in [4.78, 5) is 15.3. The highest BCUT2D eigenvalue weighted by Crippen LogP contribution is 2.42. The van der Waals surface area contributed by atoms with E-state index in [-0.39, 0.29) is 11.3 Å². The summed E-state index contributed by atoms with van der Waals surface area (Å²) in [7, 11) is 1.94. The van der Waals surface area contributed by atoms with Crippen LogP contribution in [0.4, 0.5) is 0 Å². The van der Waals surface area contributed by atoms with Crippen LogP contribution in [-0.4, -0.2) is 23.7 Å². The summed E-state index contributed by atoms with van der Waals surface area (Å²) < 4.78 is 1.34. The van der Waals surface area contributed by atoms with Gasteiger partial charge in [0.25, 0.3) is 5.56 Å². The number of benzene rings is 2. The predicted octanol–water partition coefficient (Wildman–Crippen LogP) is 4.64. The van der Waals surface area contributed by atoms with E-state index in [1.165, 1.54) is 16.9 Å². The van der Waals surface area contributed by atoms with Crippen molar-refractivity contribution in [2.45, 2.75) is 6.42 Å². The fourth-order valence-electron chi connectivity index (χ4n) is 3.28. The monoisotopic (exact) mass is 428 g/mol. The lowest BCUT2D eigenvalue weighted by atomic mass is 9.96. The van der Waals surface area contributed by atoms with Gasteiger partial charge in [-0.3, -0.25) is 4.79 Å². The molecule has 0 fully saturated rings. The van der Waals surface area contributed by atoms with Crippen LogP contribution in [0, 0.1) is 0 Å². The quantitative estimate of drug-likeness (QED) is 0.443. The highest BCUT2D eigenvalue weighted by atomic mass is 79.9. The van der Waals surface area contributed by atoms with Crippen LogP contribution < -0.4 is 10.9 Å². The molecule has 0 saturated carbocycles. The first-order chi connectivity index (χ1) is 12.6. The Morgan fingerprint density at radius 3 is 2.73 bits per heavy atom. The molecular formula is C20H17BrN2O2S. The number of halogens is 1. The van der Waals surface area contributed by atoms with E-state index in [4.69, 9.17) is 0 Å². The average molecular weight is 429 g/mol. The Morgan fingerprint density at radius 2 is 2.00 bits per heavy atom. The van der Waals surface area contributed by atoms with Crippen molar-refractivity contribution in [3.63, 3.8) is 0 Å². The van der Waals surface area contributed by atoms with Crippen LogP contribution >= 0.6 is 27.3 Å². The van der Waals surface area contributed by atoms with Crippen molar-refractivity contribution >= 4 is 48.3 Å². The van der Waals surface area contributed by atoms with Crippen molar-refractivity contribution in [2.75, 3.05) is 13.6 Å². The van der Waals surface area contributed by atoms with Crippen molar-refractivity contribution in [3.05, 3.63) is 62.2 Å². The van der Waals surface area contributed by atoms with Gasteiger partial charge in [0.05, 0.1) is 5.52 Å². The second kappa shape index (κ2) is 6.87. The Bertz CT molecular complexity index is 1160. The van der Waals surface area contributed by atoms with Gasteiger partial charge in [0.1, 0.15) is 10.4 Å². The molecule has 0 spiro atoms. The van der Waals surface area contributed by atoms with Gasteiger partial charge in [-0.1, -0.05) is 24.3 Å². The Balaban J connectivity index is 2.00. The number of aromatic nitrogens is 1. The lowest BCUT2D eigenvalue weighted by Gasteiger charge is -2.13. The second-order valence-electron chi connectivity index (χ2n) is 6.17. The zero-order valence-corrected chi connectivity index (χ0v) is 16.5. The Labute approximate surface area is 162 Å². The van der Waals surface area contributed by atoms with Crippen molar-refractivity contribution in [2.24, 2.45) is 0 Å². The summed E-state index contributed by atoms with van der Waals surface area (Å²) in [5, 5.41) is 17.5. The molecule has 0 bridgehead atoms. The molecule has 4 rings (SSSR count). The topological polar surface area (TPSA) is 65.1 Å². The molecule has 4 nitrogen and oxygen atoms in total. The first-order valence-electron chi connectivity index (χ1n) is 8.28. The minimum Gasteiger partial charge on any atom is -0.507 e. The zero-order chi connectivity index (χ0) is 18.3. The number of hydrogen-bond donors (Lipinski definition) is 3. The third kappa shape index (κ3) is 2.84. The van der Waals surface area contributed by atoms with Gasteiger partial charge >= 0.3 is 0 Å². The van der Waals surface area contributed by atoms with Crippen LogP contribution in [0.3, 0.4) is 0 Å². The zero-order valence-electron chi connectivity index (χ0n) is 14.1. The van der Waals surface area contributed by atoms with Crippen LogP contribution in [-0.2, 0) is 6.42 Å². The molecular weight excluding hydrogens is 412 g/mol. The maximum atomic E-state index is 12.3. The van der Waals surface area contributed by atoms with Gasteiger partial charge in [-0.2, -0.15) is 0 Å². The molecule has 132 valence electrons. The van der Waals surface area contributed by atoms with Gasteiger partial charge in [0.2, 0.25) is 0 Å². The number of rotatable bonds is 4. The van der Waals surface area contributed by atoms with Crippen LogP contribution in [0.25, 0.3) is 32.1 Å². The van der Waals surface area contributed by atoms with Crippen molar-refractivity contribution < 1.29 is 5.11 Å². The number of aromatic hydroxyl groups is 1. The normalized spacial score (nSPS) is 11.5. The van der Waals surface area contributed by atoms with E-state index in [1.807, 2.05) is 30.6 Å². The molecule has 0 aliphatic carbocycles. The minimum atomic E-state index is -0.109. The molecule has 0 amide bonds. The Hall–Kier alpha value is -2.15. The molecule has 6 heteroatoms. The molecule has 26 heavy (non-hydrogen) atoms. The van der Waals surface area contributed by atoms with E-state index < -0.39 is 0 Å². The van der Waals surface area contributed by atoms with E-state index in [0.29, 0.717) is 14.7 Å². The highest BCUT2D eigenvalue weighted by molar-refractivity contribution is 9.10. The third-order valence-corrected chi connectivity index (χ3v) is 6.08. The van der Waals surface area contributed by atoms with Crippen LogP contribution in [0.15, 0.2) is 51.0 Å². The first-order valence-corrected chi connectivity index (χ1v) is 9.96. The third-order valence-electron chi connectivity index (χ3n) is 4.54. The van der Waals surface area contributed by atoms with Crippen molar-refractivity contribution in [1.82, 2.24) is 10.3 Å². The molecule has 2 aromatic carbocycles. The maximum Gasteiger partial charge on any atom is 0.266 e. The van der Waals surface area contributed by atoms with Gasteiger partial charge in [-0.15, -0.1) is 11.3 Å². The van der Waals surface area contributed by atoms with Crippen LogP contribution in [0.2, 0.25) is 0 Å². The smallest absolute Gasteiger partial charge is 0.266 e.